The molecule has 1 aliphatic rings. The summed E-state index contributed by atoms with van der Waals surface area (Å²) in [6, 6.07) is 18.5. The second-order valence-corrected chi connectivity index (χ2v) is 9.17. The van der Waals surface area contributed by atoms with Gasteiger partial charge in [0.05, 0.1) is 23.1 Å². The largest absolute Gasteiger partial charge is 0.489 e. The summed E-state index contributed by atoms with van der Waals surface area (Å²) in [5.74, 6) is 2.48. The second-order valence-electron chi connectivity index (χ2n) is 8.74. The molecule has 188 valence electrons. The summed E-state index contributed by atoms with van der Waals surface area (Å²) in [5, 5.41) is 4.73. The van der Waals surface area contributed by atoms with Gasteiger partial charge in [-0.2, -0.15) is 0 Å². The smallest absolute Gasteiger partial charge is 0.250 e. The summed E-state index contributed by atoms with van der Waals surface area (Å²) in [5.41, 5.74) is 2.23. The van der Waals surface area contributed by atoms with Gasteiger partial charge in [-0.05, 0) is 74.8 Å². The molecule has 8 nitrogen and oxygen atoms in total. The number of benzene rings is 3. The highest BCUT2D eigenvalue weighted by Gasteiger charge is 2.26. The molecule has 1 aliphatic heterocycles. The van der Waals surface area contributed by atoms with Crippen LogP contribution in [0.25, 0.3) is 10.9 Å². The molecule has 0 radical (unpaired) electrons. The Morgan fingerprint density at radius 2 is 1.81 bits per heavy atom. The van der Waals surface area contributed by atoms with Crippen LogP contribution >= 0.6 is 11.6 Å². The fourth-order valence-corrected chi connectivity index (χ4v) is 4.11. The van der Waals surface area contributed by atoms with E-state index in [1.54, 1.807) is 23.1 Å². The summed E-state index contributed by atoms with van der Waals surface area (Å²) in [7, 11) is 3.92. The molecule has 3 aromatic carbocycles. The van der Waals surface area contributed by atoms with E-state index < -0.39 is 0 Å². The average Bonchev–Trinajstić information content (AvgIpc) is 2.90. The number of likely N-dealkylation sites (N-methyl/N-ethyl adjacent to an activating group) is 1. The normalized spacial score (nSPS) is 13.0. The Morgan fingerprint density at radius 1 is 1.08 bits per heavy atom. The first-order valence-electron chi connectivity index (χ1n) is 11.8. The van der Waals surface area contributed by atoms with Gasteiger partial charge < -0.3 is 24.6 Å². The molecule has 37 heavy (non-hydrogen) atoms. The molecule has 0 bridgehead atoms. The third-order valence-corrected chi connectivity index (χ3v) is 6.00. The minimum atomic E-state index is -0.0895. The molecule has 4 aromatic rings. The van der Waals surface area contributed by atoms with Gasteiger partial charge in [0.15, 0.2) is 5.75 Å². The quantitative estimate of drug-likeness (QED) is 0.318. The highest BCUT2D eigenvalue weighted by atomic mass is 35.5. The van der Waals surface area contributed by atoms with Gasteiger partial charge in [0.2, 0.25) is 0 Å². The first-order chi connectivity index (χ1) is 18.0. The molecule has 1 amide bonds. The molecule has 9 heteroatoms. The van der Waals surface area contributed by atoms with Crippen LogP contribution in [0.5, 0.6) is 17.2 Å². The molecule has 0 saturated carbocycles. The zero-order valence-electron chi connectivity index (χ0n) is 20.5. The summed E-state index contributed by atoms with van der Waals surface area (Å²) >= 11 is 5.95. The molecule has 0 spiro atoms. The number of amides is 1. The molecule has 2 heterocycles. The van der Waals surface area contributed by atoms with Crippen LogP contribution in [-0.2, 0) is 4.79 Å². The van der Waals surface area contributed by atoms with E-state index in [1.165, 1.54) is 6.33 Å². The highest BCUT2D eigenvalue weighted by molar-refractivity contribution is 6.30. The lowest BCUT2D eigenvalue weighted by atomic mass is 10.1. The number of aromatic nitrogens is 2. The zero-order chi connectivity index (χ0) is 25.8. The van der Waals surface area contributed by atoms with E-state index in [2.05, 4.69) is 15.3 Å². The van der Waals surface area contributed by atoms with E-state index in [0.717, 1.165) is 16.6 Å². The van der Waals surface area contributed by atoms with E-state index in [4.69, 9.17) is 21.1 Å². The Labute approximate surface area is 220 Å². The topological polar surface area (TPSA) is 79.8 Å². The first kappa shape index (κ1) is 24.5. The van der Waals surface area contributed by atoms with E-state index in [-0.39, 0.29) is 5.91 Å². The summed E-state index contributed by atoms with van der Waals surface area (Å²) in [6.07, 6.45) is 4.97. The van der Waals surface area contributed by atoms with Crippen LogP contribution in [0.1, 0.15) is 0 Å². The van der Waals surface area contributed by atoms with E-state index in [1.807, 2.05) is 73.6 Å². The standard InChI is InChI=1S/C28H26ClN5O3/c1-33(2)15-3-4-25(35)34-16-17-36-27-24(34)14-13-23-26(27)28(31-18-30-23)32-20-7-11-22(12-8-20)37-21-9-5-19(29)6-10-21/h3-14,18H,15-17H2,1-2H3,(H,30,31,32)/b4-3+. The third kappa shape index (κ3) is 5.66. The van der Waals surface area contributed by atoms with Gasteiger partial charge in [-0.3, -0.25) is 4.79 Å². The van der Waals surface area contributed by atoms with Gasteiger partial charge in [-0.1, -0.05) is 17.7 Å². The van der Waals surface area contributed by atoms with Crippen molar-refractivity contribution in [2.24, 2.45) is 0 Å². The number of halogens is 1. The predicted octanol–water partition coefficient (Wildman–Crippen LogP) is 5.66. The van der Waals surface area contributed by atoms with Crippen molar-refractivity contribution in [3.05, 3.63) is 84.2 Å². The lowest BCUT2D eigenvalue weighted by Crippen LogP contribution is -2.37. The van der Waals surface area contributed by atoms with E-state index in [9.17, 15) is 4.79 Å². The van der Waals surface area contributed by atoms with Crippen molar-refractivity contribution in [1.29, 1.82) is 0 Å². The summed E-state index contributed by atoms with van der Waals surface area (Å²) in [4.78, 5) is 25.5. The maximum absolute atomic E-state index is 12.9. The molecule has 0 saturated heterocycles. The van der Waals surface area contributed by atoms with Crippen LogP contribution in [0.3, 0.4) is 0 Å². The van der Waals surface area contributed by atoms with Crippen LogP contribution in [0.4, 0.5) is 17.2 Å². The van der Waals surface area contributed by atoms with Gasteiger partial charge in [-0.15, -0.1) is 0 Å². The Balaban J connectivity index is 1.40. The van der Waals surface area contributed by atoms with Crippen molar-refractivity contribution in [2.45, 2.75) is 0 Å². The molecule has 0 unspecified atom stereocenters. The Hall–Kier alpha value is -4.14. The fourth-order valence-electron chi connectivity index (χ4n) is 3.99. The Morgan fingerprint density at radius 3 is 2.54 bits per heavy atom. The number of fused-ring (bicyclic) bond motifs is 3. The van der Waals surface area contributed by atoms with Crippen molar-refractivity contribution in [2.75, 3.05) is 44.0 Å². The molecule has 1 N–H and O–H groups in total. The molecular formula is C28H26ClN5O3. The molecule has 0 atom stereocenters. The summed E-state index contributed by atoms with van der Waals surface area (Å²) < 4.78 is 11.9. The van der Waals surface area contributed by atoms with Crippen molar-refractivity contribution in [3.8, 4) is 17.2 Å². The molecule has 0 aliphatic carbocycles. The predicted molar refractivity (Wildman–Crippen MR) is 146 cm³/mol. The Kier molecular flexibility index (Phi) is 7.20. The van der Waals surface area contributed by atoms with Crippen LogP contribution in [0.2, 0.25) is 5.02 Å². The van der Waals surface area contributed by atoms with Gasteiger partial charge >= 0.3 is 0 Å². The number of carbonyl (C=O) groups is 1. The number of hydrogen-bond donors (Lipinski definition) is 1. The minimum absolute atomic E-state index is 0.0895. The van der Waals surface area contributed by atoms with Crippen LogP contribution in [0.15, 0.2) is 79.1 Å². The number of nitrogens with one attached hydrogen (secondary N) is 1. The molecule has 1 aromatic heterocycles. The highest BCUT2D eigenvalue weighted by Crippen LogP contribution is 2.41. The molecular weight excluding hydrogens is 490 g/mol. The number of anilines is 3. The van der Waals surface area contributed by atoms with Crippen molar-refractivity contribution in [1.82, 2.24) is 14.9 Å². The van der Waals surface area contributed by atoms with Gasteiger partial charge in [0.1, 0.15) is 30.3 Å². The van der Waals surface area contributed by atoms with Gasteiger partial charge in [0, 0.05) is 23.3 Å². The van der Waals surface area contributed by atoms with Crippen molar-refractivity contribution < 1.29 is 14.3 Å². The molecule has 0 fully saturated rings. The van der Waals surface area contributed by atoms with E-state index >= 15 is 0 Å². The number of carbonyl (C=O) groups excluding carboxylic acids is 1. The first-order valence-corrected chi connectivity index (χ1v) is 12.2. The third-order valence-electron chi connectivity index (χ3n) is 5.75. The maximum Gasteiger partial charge on any atom is 0.250 e. The fraction of sp³-hybridized carbons (Fsp3) is 0.179. The van der Waals surface area contributed by atoms with Gasteiger partial charge in [-0.25, -0.2) is 9.97 Å². The van der Waals surface area contributed by atoms with Crippen molar-refractivity contribution in [3.63, 3.8) is 0 Å². The van der Waals surface area contributed by atoms with Gasteiger partial charge in [0.25, 0.3) is 5.91 Å². The lowest BCUT2D eigenvalue weighted by Gasteiger charge is -2.30. The number of hydrogen-bond acceptors (Lipinski definition) is 7. The van der Waals surface area contributed by atoms with Crippen LogP contribution in [-0.4, -0.2) is 54.6 Å². The number of ether oxygens (including phenoxy) is 2. The number of rotatable bonds is 7. The Bertz CT molecular complexity index is 1440. The van der Waals surface area contributed by atoms with Crippen molar-refractivity contribution >= 4 is 45.6 Å². The zero-order valence-corrected chi connectivity index (χ0v) is 21.3. The van der Waals surface area contributed by atoms with Crippen LogP contribution < -0.4 is 19.7 Å². The van der Waals surface area contributed by atoms with Crippen LogP contribution in [0, 0.1) is 0 Å². The maximum atomic E-state index is 12.9. The monoisotopic (exact) mass is 515 g/mol. The number of nitrogens with zero attached hydrogens (tertiary/aromatic N) is 4. The van der Waals surface area contributed by atoms with E-state index in [0.29, 0.717) is 53.5 Å². The second kappa shape index (κ2) is 10.9. The minimum Gasteiger partial charge on any atom is -0.489 e. The lowest BCUT2D eigenvalue weighted by molar-refractivity contribution is -0.114. The average molecular weight is 516 g/mol. The molecule has 5 rings (SSSR count). The summed E-state index contributed by atoms with van der Waals surface area (Å²) in [6.45, 7) is 1.53. The SMILES string of the molecule is CN(C)C/C=C/C(=O)N1CCOc2c1ccc1ncnc(Nc3ccc(Oc4ccc(Cl)cc4)cc3)c21.